The molecule has 1 aromatic heterocycles. The molecule has 2 aromatic rings. The van der Waals surface area contributed by atoms with Crippen LogP contribution in [0.3, 0.4) is 0 Å². The average molecular weight is 432 g/mol. The molecule has 0 spiro atoms. The minimum atomic E-state index is -0.558. The standard InChI is InChI=1S/C23H30FN3O4/c1-3-19-21-20(9-5-11-30-12-6-10-25-22(21)28)27(26-19)14-16(2)15-31-23(29)17-7-4-8-18(24)13-17/h4,7-8,13,16H,3,5-6,9-12,14-15H2,1-2H3,(H,25,28)/t16-/m0/s1. The van der Waals surface area contributed by atoms with Crippen molar-refractivity contribution in [3.63, 3.8) is 0 Å². The van der Waals surface area contributed by atoms with E-state index in [0.717, 1.165) is 30.3 Å². The van der Waals surface area contributed by atoms with E-state index >= 15 is 0 Å². The van der Waals surface area contributed by atoms with Crippen LogP contribution in [0.5, 0.6) is 0 Å². The van der Waals surface area contributed by atoms with Gasteiger partial charge in [0.1, 0.15) is 5.82 Å². The number of carbonyl (C=O) groups excluding carboxylic acids is 2. The lowest BCUT2D eigenvalue weighted by Gasteiger charge is -2.15. The highest BCUT2D eigenvalue weighted by molar-refractivity contribution is 5.96. The molecule has 31 heavy (non-hydrogen) atoms. The zero-order valence-electron chi connectivity index (χ0n) is 18.2. The van der Waals surface area contributed by atoms with Crippen LogP contribution in [-0.2, 0) is 28.9 Å². The van der Waals surface area contributed by atoms with E-state index in [1.165, 1.54) is 18.2 Å². The van der Waals surface area contributed by atoms with Gasteiger partial charge in [-0.15, -0.1) is 0 Å². The summed E-state index contributed by atoms with van der Waals surface area (Å²) >= 11 is 0. The summed E-state index contributed by atoms with van der Waals surface area (Å²) < 4.78 is 26.2. The summed E-state index contributed by atoms with van der Waals surface area (Å²) in [5.41, 5.74) is 2.51. The van der Waals surface area contributed by atoms with Crippen molar-refractivity contribution in [2.24, 2.45) is 5.92 Å². The van der Waals surface area contributed by atoms with E-state index in [2.05, 4.69) is 5.32 Å². The molecule has 0 fully saturated rings. The van der Waals surface area contributed by atoms with Gasteiger partial charge in [-0.2, -0.15) is 5.10 Å². The molecular formula is C23H30FN3O4. The maximum absolute atomic E-state index is 13.3. The molecule has 0 aliphatic carbocycles. The number of aromatic nitrogens is 2. The van der Waals surface area contributed by atoms with Gasteiger partial charge in [0.15, 0.2) is 0 Å². The third kappa shape index (κ3) is 6.13. The van der Waals surface area contributed by atoms with Gasteiger partial charge in [0, 0.05) is 32.2 Å². The van der Waals surface area contributed by atoms with Gasteiger partial charge in [0.05, 0.1) is 29.1 Å². The number of fused-ring (bicyclic) bond motifs is 1. The van der Waals surface area contributed by atoms with Crippen LogP contribution >= 0.6 is 0 Å². The Kier molecular flexibility index (Phi) is 8.17. The van der Waals surface area contributed by atoms with Crippen molar-refractivity contribution in [2.45, 2.75) is 46.1 Å². The van der Waals surface area contributed by atoms with Gasteiger partial charge in [-0.05, 0) is 43.9 Å². The Balaban J connectivity index is 1.71. The van der Waals surface area contributed by atoms with Crippen molar-refractivity contribution in [2.75, 3.05) is 26.4 Å². The number of hydrogen-bond acceptors (Lipinski definition) is 5. The Labute approximate surface area is 181 Å². The van der Waals surface area contributed by atoms with Gasteiger partial charge in [-0.25, -0.2) is 9.18 Å². The van der Waals surface area contributed by atoms with Gasteiger partial charge in [-0.1, -0.05) is 19.9 Å². The van der Waals surface area contributed by atoms with Gasteiger partial charge >= 0.3 is 5.97 Å². The Bertz CT molecular complexity index is 912. The summed E-state index contributed by atoms with van der Waals surface area (Å²) in [5.74, 6) is -1.17. The van der Waals surface area contributed by atoms with E-state index < -0.39 is 11.8 Å². The molecule has 0 radical (unpaired) electrons. The van der Waals surface area contributed by atoms with Crippen molar-refractivity contribution in [3.05, 3.63) is 52.6 Å². The van der Waals surface area contributed by atoms with Crippen molar-refractivity contribution in [1.82, 2.24) is 15.1 Å². The molecule has 7 nitrogen and oxygen atoms in total. The van der Waals surface area contributed by atoms with E-state index in [-0.39, 0.29) is 24.0 Å². The van der Waals surface area contributed by atoms with E-state index in [1.54, 1.807) is 0 Å². The summed E-state index contributed by atoms with van der Waals surface area (Å²) in [4.78, 5) is 25.0. The van der Waals surface area contributed by atoms with Crippen LogP contribution in [0.15, 0.2) is 24.3 Å². The number of aryl methyl sites for hydroxylation is 1. The smallest absolute Gasteiger partial charge is 0.338 e. The first-order valence-electron chi connectivity index (χ1n) is 10.9. The van der Waals surface area contributed by atoms with Crippen LogP contribution in [0.2, 0.25) is 0 Å². The molecular weight excluding hydrogens is 401 g/mol. The Morgan fingerprint density at radius 2 is 2.16 bits per heavy atom. The topological polar surface area (TPSA) is 82.5 Å². The number of amides is 1. The number of rotatable bonds is 6. The second kappa shape index (κ2) is 11.0. The summed E-state index contributed by atoms with van der Waals surface area (Å²) in [6, 6.07) is 5.44. The van der Waals surface area contributed by atoms with Crippen LogP contribution < -0.4 is 5.32 Å². The zero-order valence-corrected chi connectivity index (χ0v) is 18.2. The van der Waals surface area contributed by atoms with Crippen LogP contribution in [-0.4, -0.2) is 48.0 Å². The number of esters is 1. The number of halogens is 1. The quantitative estimate of drug-likeness (QED) is 0.711. The van der Waals surface area contributed by atoms with Crippen LogP contribution in [0.4, 0.5) is 4.39 Å². The minimum Gasteiger partial charge on any atom is -0.462 e. The summed E-state index contributed by atoms with van der Waals surface area (Å²) in [5, 5.41) is 7.66. The molecule has 0 saturated heterocycles. The minimum absolute atomic E-state index is 0.0382. The number of nitrogens with one attached hydrogen (secondary N) is 1. The van der Waals surface area contributed by atoms with Crippen LogP contribution in [0.25, 0.3) is 0 Å². The fourth-order valence-electron chi connectivity index (χ4n) is 3.64. The second-order valence-corrected chi connectivity index (χ2v) is 7.84. The molecule has 1 N–H and O–H groups in total. The van der Waals surface area contributed by atoms with Gasteiger partial charge in [-0.3, -0.25) is 9.48 Å². The SMILES string of the molecule is CCc1nn(C[C@H](C)COC(=O)c2cccc(F)c2)c2c1C(=O)NCCCOCCC2. The molecule has 0 unspecified atom stereocenters. The van der Waals surface area contributed by atoms with E-state index in [4.69, 9.17) is 14.6 Å². The maximum Gasteiger partial charge on any atom is 0.338 e. The normalized spacial score (nSPS) is 16.0. The average Bonchev–Trinajstić information content (AvgIpc) is 3.08. The molecule has 168 valence electrons. The third-order valence-corrected chi connectivity index (χ3v) is 5.19. The first kappa shape index (κ1) is 22.9. The summed E-state index contributed by atoms with van der Waals surface area (Å²) in [6.07, 6.45) is 2.93. The van der Waals surface area contributed by atoms with Crippen molar-refractivity contribution < 1.29 is 23.5 Å². The second-order valence-electron chi connectivity index (χ2n) is 7.84. The van der Waals surface area contributed by atoms with Crippen molar-refractivity contribution >= 4 is 11.9 Å². The van der Waals surface area contributed by atoms with Crippen molar-refractivity contribution in [1.29, 1.82) is 0 Å². The van der Waals surface area contributed by atoms with E-state index in [1.807, 2.05) is 18.5 Å². The highest BCUT2D eigenvalue weighted by Crippen LogP contribution is 2.20. The van der Waals surface area contributed by atoms with Crippen LogP contribution in [0.1, 0.15) is 58.8 Å². The highest BCUT2D eigenvalue weighted by atomic mass is 19.1. The molecule has 1 amide bonds. The summed E-state index contributed by atoms with van der Waals surface area (Å²) in [7, 11) is 0. The lowest BCUT2D eigenvalue weighted by molar-refractivity contribution is 0.0435. The predicted octanol–water partition coefficient (Wildman–Crippen LogP) is 3.16. The lowest BCUT2D eigenvalue weighted by atomic mass is 10.1. The van der Waals surface area contributed by atoms with E-state index in [0.29, 0.717) is 44.7 Å². The third-order valence-electron chi connectivity index (χ3n) is 5.19. The number of ether oxygens (including phenoxy) is 2. The van der Waals surface area contributed by atoms with Crippen molar-refractivity contribution in [3.8, 4) is 0 Å². The van der Waals surface area contributed by atoms with Gasteiger partial charge < -0.3 is 14.8 Å². The number of benzene rings is 1. The molecule has 1 aliphatic rings. The first-order chi connectivity index (χ1) is 15.0. The van der Waals surface area contributed by atoms with Gasteiger partial charge in [0.25, 0.3) is 5.91 Å². The number of nitrogens with zero attached hydrogens (tertiary/aromatic N) is 2. The molecule has 0 bridgehead atoms. The Morgan fingerprint density at radius 1 is 1.35 bits per heavy atom. The molecule has 1 aliphatic heterocycles. The number of hydrogen-bond donors (Lipinski definition) is 1. The maximum atomic E-state index is 13.3. The molecule has 2 heterocycles. The zero-order chi connectivity index (χ0) is 22.2. The fraction of sp³-hybridized carbons (Fsp3) is 0.522. The fourth-order valence-corrected chi connectivity index (χ4v) is 3.64. The monoisotopic (exact) mass is 431 g/mol. The highest BCUT2D eigenvalue weighted by Gasteiger charge is 2.24. The largest absolute Gasteiger partial charge is 0.462 e. The lowest BCUT2D eigenvalue weighted by Crippen LogP contribution is -2.27. The Morgan fingerprint density at radius 3 is 2.94 bits per heavy atom. The number of carbonyl (C=O) groups is 2. The van der Waals surface area contributed by atoms with E-state index in [9.17, 15) is 14.0 Å². The summed E-state index contributed by atoms with van der Waals surface area (Å²) in [6.45, 7) is 6.45. The molecule has 0 saturated carbocycles. The van der Waals surface area contributed by atoms with Gasteiger partial charge in [0.2, 0.25) is 0 Å². The molecule has 3 rings (SSSR count). The molecule has 8 heteroatoms. The Hall–Kier alpha value is -2.74. The van der Waals surface area contributed by atoms with Crippen LogP contribution in [0, 0.1) is 11.7 Å². The molecule has 1 aromatic carbocycles. The molecule has 1 atom stereocenters. The first-order valence-corrected chi connectivity index (χ1v) is 10.9. The predicted molar refractivity (Wildman–Crippen MR) is 114 cm³/mol.